The van der Waals surface area contributed by atoms with Crippen LogP contribution in [0.4, 0.5) is 0 Å². The van der Waals surface area contributed by atoms with Crippen molar-refractivity contribution in [2.45, 2.75) is 44.4 Å². The number of aromatic carboxylic acids is 1. The third-order valence-electron chi connectivity index (χ3n) is 3.90. The van der Waals surface area contributed by atoms with E-state index in [0.29, 0.717) is 13.0 Å². The van der Waals surface area contributed by atoms with Gasteiger partial charge in [-0.1, -0.05) is 13.8 Å². The van der Waals surface area contributed by atoms with Crippen LogP contribution in [0.15, 0.2) is 21.6 Å². The van der Waals surface area contributed by atoms with E-state index in [1.54, 1.807) is 0 Å². The highest BCUT2D eigenvalue weighted by Crippen LogP contribution is 2.43. The molecule has 0 aliphatic heterocycles. The Morgan fingerprint density at radius 2 is 2.19 bits per heavy atom. The molecule has 2 rings (SSSR count). The van der Waals surface area contributed by atoms with Gasteiger partial charge in [-0.05, 0) is 25.5 Å². The van der Waals surface area contributed by atoms with Crippen LogP contribution < -0.4 is 4.72 Å². The lowest BCUT2D eigenvalue weighted by molar-refractivity contribution is -0.108. The Morgan fingerprint density at radius 1 is 1.52 bits per heavy atom. The number of carboxylic acid groups (broad SMARTS) is 1. The SMILES string of the molecule is CCOC1CC(NS(=O)(=O)c2ccc(C(=O)O)o2)C1(C)C. The number of hydrogen-bond acceptors (Lipinski definition) is 5. The first-order valence-corrected chi connectivity index (χ1v) is 8.14. The second-order valence-electron chi connectivity index (χ2n) is 5.60. The smallest absolute Gasteiger partial charge is 0.371 e. The maximum Gasteiger partial charge on any atom is 0.371 e. The Bertz CT molecular complexity index is 633. The van der Waals surface area contributed by atoms with Crippen molar-refractivity contribution in [3.63, 3.8) is 0 Å². The predicted molar refractivity (Wildman–Crippen MR) is 73.6 cm³/mol. The molecule has 0 aromatic carbocycles. The van der Waals surface area contributed by atoms with Crippen molar-refractivity contribution >= 4 is 16.0 Å². The van der Waals surface area contributed by atoms with Gasteiger partial charge in [0.25, 0.3) is 10.0 Å². The van der Waals surface area contributed by atoms with Gasteiger partial charge in [0.2, 0.25) is 10.9 Å². The minimum Gasteiger partial charge on any atom is -0.475 e. The third-order valence-corrected chi connectivity index (χ3v) is 5.24. The summed E-state index contributed by atoms with van der Waals surface area (Å²) in [5.41, 5.74) is -0.328. The highest BCUT2D eigenvalue weighted by molar-refractivity contribution is 7.89. The number of carbonyl (C=O) groups is 1. The van der Waals surface area contributed by atoms with Gasteiger partial charge < -0.3 is 14.3 Å². The molecule has 1 aromatic rings. The summed E-state index contributed by atoms with van der Waals surface area (Å²) in [7, 11) is -3.88. The molecule has 7 nitrogen and oxygen atoms in total. The molecule has 0 spiro atoms. The van der Waals surface area contributed by atoms with E-state index in [4.69, 9.17) is 14.3 Å². The van der Waals surface area contributed by atoms with E-state index in [1.807, 2.05) is 20.8 Å². The van der Waals surface area contributed by atoms with Crippen molar-refractivity contribution in [3.05, 3.63) is 17.9 Å². The van der Waals surface area contributed by atoms with Crippen molar-refractivity contribution in [2.24, 2.45) is 5.41 Å². The zero-order chi connectivity index (χ0) is 15.8. The zero-order valence-corrected chi connectivity index (χ0v) is 12.9. The molecular weight excluding hydrogens is 298 g/mol. The van der Waals surface area contributed by atoms with Crippen LogP contribution in [-0.2, 0) is 14.8 Å². The maximum atomic E-state index is 12.2. The van der Waals surface area contributed by atoms with Gasteiger partial charge in [0.15, 0.2) is 0 Å². The summed E-state index contributed by atoms with van der Waals surface area (Å²) in [5.74, 6) is -1.72. The quantitative estimate of drug-likeness (QED) is 0.823. The van der Waals surface area contributed by atoms with Crippen LogP contribution in [0.5, 0.6) is 0 Å². The number of furan rings is 1. The van der Waals surface area contributed by atoms with Gasteiger partial charge >= 0.3 is 5.97 Å². The maximum absolute atomic E-state index is 12.2. The van der Waals surface area contributed by atoms with E-state index in [1.165, 1.54) is 0 Å². The standard InChI is InChI=1S/C13H19NO6S/c1-4-19-10-7-9(13(10,2)3)14-21(17,18)11-6-5-8(20-11)12(15)16/h5-6,9-10,14H,4,7H2,1-3H3,(H,15,16). The van der Waals surface area contributed by atoms with Crippen LogP contribution in [-0.4, -0.2) is 38.2 Å². The monoisotopic (exact) mass is 317 g/mol. The zero-order valence-electron chi connectivity index (χ0n) is 12.1. The van der Waals surface area contributed by atoms with Crippen molar-refractivity contribution in [1.82, 2.24) is 4.72 Å². The molecule has 2 N–H and O–H groups in total. The minimum absolute atomic E-state index is 0.00128. The molecule has 1 heterocycles. The van der Waals surface area contributed by atoms with E-state index in [-0.39, 0.29) is 17.6 Å². The summed E-state index contributed by atoms with van der Waals surface area (Å²) in [6.07, 6.45) is 0.577. The molecule has 0 bridgehead atoms. The fourth-order valence-corrected chi connectivity index (χ4v) is 3.73. The van der Waals surface area contributed by atoms with Gasteiger partial charge in [0.05, 0.1) is 6.10 Å². The van der Waals surface area contributed by atoms with E-state index in [2.05, 4.69) is 4.72 Å². The van der Waals surface area contributed by atoms with Crippen molar-refractivity contribution < 1.29 is 27.5 Å². The Hall–Kier alpha value is -1.38. The molecule has 118 valence electrons. The molecule has 1 aliphatic carbocycles. The van der Waals surface area contributed by atoms with Gasteiger partial charge in [-0.25, -0.2) is 17.9 Å². The number of sulfonamides is 1. The van der Waals surface area contributed by atoms with E-state index in [9.17, 15) is 13.2 Å². The van der Waals surface area contributed by atoms with Crippen LogP contribution in [0.25, 0.3) is 0 Å². The molecule has 2 unspecified atom stereocenters. The third kappa shape index (κ3) is 2.97. The van der Waals surface area contributed by atoms with Gasteiger partial charge in [0, 0.05) is 18.1 Å². The lowest BCUT2D eigenvalue weighted by atomic mass is 9.65. The van der Waals surface area contributed by atoms with Gasteiger partial charge in [0.1, 0.15) is 0 Å². The normalized spacial score (nSPS) is 24.5. The first kappa shape index (κ1) is 16.0. The van der Waals surface area contributed by atoms with Crippen molar-refractivity contribution in [2.75, 3.05) is 6.61 Å². The molecule has 1 aliphatic rings. The predicted octanol–water partition coefficient (Wildman–Crippen LogP) is 1.46. The second kappa shape index (κ2) is 5.43. The minimum atomic E-state index is -3.88. The summed E-state index contributed by atoms with van der Waals surface area (Å²) in [5, 5.41) is 8.36. The Labute approximate surface area is 123 Å². The molecule has 0 radical (unpaired) electrons. The van der Waals surface area contributed by atoms with Crippen LogP contribution >= 0.6 is 0 Å². The van der Waals surface area contributed by atoms with Crippen LogP contribution in [0.2, 0.25) is 0 Å². The Kier molecular flexibility index (Phi) is 4.14. The highest BCUT2D eigenvalue weighted by Gasteiger charge is 2.50. The molecule has 1 saturated carbocycles. The average Bonchev–Trinajstić information content (AvgIpc) is 2.88. The number of nitrogens with one attached hydrogen (secondary N) is 1. The molecule has 1 aromatic heterocycles. The van der Waals surface area contributed by atoms with Gasteiger partial charge in [-0.2, -0.15) is 0 Å². The second-order valence-corrected chi connectivity index (χ2v) is 7.24. The number of ether oxygens (including phenoxy) is 1. The molecular formula is C13H19NO6S. The van der Waals surface area contributed by atoms with Gasteiger partial charge in [-0.3, -0.25) is 0 Å². The van der Waals surface area contributed by atoms with Gasteiger partial charge in [-0.15, -0.1) is 0 Å². The summed E-state index contributed by atoms with van der Waals surface area (Å²) in [6.45, 7) is 6.32. The fraction of sp³-hybridized carbons (Fsp3) is 0.615. The fourth-order valence-electron chi connectivity index (χ4n) is 2.39. The highest BCUT2D eigenvalue weighted by atomic mass is 32.2. The largest absolute Gasteiger partial charge is 0.475 e. The molecule has 21 heavy (non-hydrogen) atoms. The van der Waals surface area contributed by atoms with E-state index >= 15 is 0 Å². The van der Waals surface area contributed by atoms with Crippen LogP contribution in [0.1, 0.15) is 37.7 Å². The molecule has 2 atom stereocenters. The summed E-state index contributed by atoms with van der Waals surface area (Å²) < 4.78 is 37.3. The van der Waals surface area contributed by atoms with Crippen LogP contribution in [0.3, 0.4) is 0 Å². The molecule has 0 saturated heterocycles. The first-order chi connectivity index (χ1) is 9.68. The van der Waals surface area contributed by atoms with Crippen LogP contribution in [0, 0.1) is 5.41 Å². The lowest BCUT2D eigenvalue weighted by Gasteiger charge is -2.51. The number of rotatable bonds is 6. The molecule has 1 fully saturated rings. The van der Waals surface area contributed by atoms with Crippen molar-refractivity contribution in [3.8, 4) is 0 Å². The topological polar surface area (TPSA) is 106 Å². The first-order valence-electron chi connectivity index (χ1n) is 6.65. The Morgan fingerprint density at radius 3 is 2.67 bits per heavy atom. The van der Waals surface area contributed by atoms with E-state index in [0.717, 1.165) is 12.1 Å². The number of carboxylic acids is 1. The summed E-state index contributed by atoms with van der Waals surface area (Å²) in [4.78, 5) is 10.7. The summed E-state index contributed by atoms with van der Waals surface area (Å²) in [6, 6.07) is 1.97. The number of hydrogen-bond donors (Lipinski definition) is 2. The van der Waals surface area contributed by atoms with E-state index < -0.39 is 26.8 Å². The average molecular weight is 317 g/mol. The lowest BCUT2D eigenvalue weighted by Crippen LogP contribution is -2.61. The molecule has 8 heteroatoms. The van der Waals surface area contributed by atoms with Crippen molar-refractivity contribution in [1.29, 1.82) is 0 Å². The Balaban J connectivity index is 2.10. The molecule has 0 amide bonds. The summed E-state index contributed by atoms with van der Waals surface area (Å²) >= 11 is 0.